The molecule has 0 saturated carbocycles. The molecule has 8 nitrogen and oxygen atoms in total. The lowest BCUT2D eigenvalue weighted by molar-refractivity contribution is 0.0379. The molecule has 3 rings (SSSR count). The molecule has 0 bridgehead atoms. The number of hydrogen-bond acceptors (Lipinski definition) is 7. The lowest BCUT2D eigenvalue weighted by atomic mass is 10.1. The van der Waals surface area contributed by atoms with Crippen molar-refractivity contribution in [2.24, 2.45) is 5.73 Å². The van der Waals surface area contributed by atoms with E-state index in [1.54, 1.807) is 26.8 Å². The molecule has 32 heavy (non-hydrogen) atoms. The molecular formula is C23H24N2O6S. The Hall–Kier alpha value is -3.59. The van der Waals surface area contributed by atoms with Crippen LogP contribution in [0.2, 0.25) is 0 Å². The smallest absolute Gasteiger partial charge is 0.341 e. The number of ether oxygens (including phenoxy) is 2. The minimum atomic E-state index is -0.694. The average molecular weight is 457 g/mol. The number of nitrogens with one attached hydrogen (secondary N) is 1. The maximum absolute atomic E-state index is 12.7. The number of rotatable bonds is 8. The molecule has 0 saturated heterocycles. The number of benzene rings is 1. The first-order valence-electron chi connectivity index (χ1n) is 9.89. The third-order valence-corrected chi connectivity index (χ3v) is 5.62. The Kier molecular flexibility index (Phi) is 6.99. The number of esters is 1. The van der Waals surface area contributed by atoms with Gasteiger partial charge in [-0.3, -0.25) is 9.59 Å². The number of amides is 2. The Labute approximate surface area is 189 Å². The zero-order valence-electron chi connectivity index (χ0n) is 18.2. The first-order chi connectivity index (χ1) is 15.2. The first kappa shape index (κ1) is 23.1. The van der Waals surface area contributed by atoms with Crippen molar-refractivity contribution in [1.29, 1.82) is 0 Å². The highest BCUT2D eigenvalue weighted by atomic mass is 32.1. The molecule has 3 N–H and O–H groups in total. The van der Waals surface area contributed by atoms with E-state index in [-0.39, 0.29) is 33.9 Å². The standard InChI is InChI=1S/C23H24N2O6S/c1-12(2)30-23(28)18-14(4)19(20(24)26)32-22(18)25-21(27)17-9-8-16(31-17)11-29-15-7-5-6-13(3)10-15/h5-10,12H,11H2,1-4H3,(H2,24,26)(H,25,27). The highest BCUT2D eigenvalue weighted by Crippen LogP contribution is 2.34. The molecule has 0 aliphatic heterocycles. The van der Waals surface area contributed by atoms with E-state index in [1.165, 1.54) is 6.07 Å². The van der Waals surface area contributed by atoms with Gasteiger partial charge in [0.1, 0.15) is 23.1 Å². The molecule has 2 heterocycles. The summed E-state index contributed by atoms with van der Waals surface area (Å²) < 4.78 is 16.5. The van der Waals surface area contributed by atoms with Crippen molar-refractivity contribution in [2.75, 3.05) is 5.32 Å². The molecule has 0 aliphatic rings. The quantitative estimate of drug-likeness (QED) is 0.483. The van der Waals surface area contributed by atoms with Crippen LogP contribution in [0, 0.1) is 13.8 Å². The van der Waals surface area contributed by atoms with E-state index in [1.807, 2.05) is 31.2 Å². The van der Waals surface area contributed by atoms with E-state index in [0.717, 1.165) is 16.9 Å². The average Bonchev–Trinajstić information content (AvgIpc) is 3.30. The lowest BCUT2D eigenvalue weighted by Crippen LogP contribution is -2.17. The summed E-state index contributed by atoms with van der Waals surface area (Å²) in [6.45, 7) is 7.10. The minimum absolute atomic E-state index is 0.0303. The number of carbonyl (C=O) groups is 3. The Bertz CT molecular complexity index is 1160. The van der Waals surface area contributed by atoms with E-state index in [2.05, 4.69) is 5.32 Å². The van der Waals surface area contributed by atoms with E-state index in [4.69, 9.17) is 19.6 Å². The second kappa shape index (κ2) is 9.69. The molecule has 2 aromatic heterocycles. The molecule has 0 fully saturated rings. The third kappa shape index (κ3) is 5.36. The van der Waals surface area contributed by atoms with Gasteiger partial charge < -0.3 is 24.9 Å². The second-order valence-corrected chi connectivity index (χ2v) is 8.42. The van der Waals surface area contributed by atoms with Gasteiger partial charge in [0.25, 0.3) is 11.8 Å². The molecule has 0 radical (unpaired) electrons. The summed E-state index contributed by atoms with van der Waals surface area (Å²) in [5.74, 6) is -0.751. The van der Waals surface area contributed by atoms with Crippen LogP contribution < -0.4 is 15.8 Å². The highest BCUT2D eigenvalue weighted by molar-refractivity contribution is 7.18. The maximum Gasteiger partial charge on any atom is 0.341 e. The minimum Gasteiger partial charge on any atom is -0.486 e. The van der Waals surface area contributed by atoms with Gasteiger partial charge in [0.15, 0.2) is 5.76 Å². The number of nitrogens with two attached hydrogens (primary N) is 1. The van der Waals surface area contributed by atoms with Gasteiger partial charge in [0.2, 0.25) is 0 Å². The Balaban J connectivity index is 1.76. The van der Waals surface area contributed by atoms with Crippen LogP contribution in [0.5, 0.6) is 5.75 Å². The molecule has 0 aliphatic carbocycles. The highest BCUT2D eigenvalue weighted by Gasteiger charge is 2.27. The molecule has 168 valence electrons. The molecular weight excluding hydrogens is 432 g/mol. The van der Waals surface area contributed by atoms with Crippen molar-refractivity contribution in [2.45, 2.75) is 40.4 Å². The Morgan fingerprint density at radius 3 is 2.56 bits per heavy atom. The van der Waals surface area contributed by atoms with Crippen LogP contribution in [-0.2, 0) is 11.3 Å². The van der Waals surface area contributed by atoms with Gasteiger partial charge in [-0.2, -0.15) is 0 Å². The predicted molar refractivity (Wildman–Crippen MR) is 120 cm³/mol. The van der Waals surface area contributed by atoms with Crippen molar-refractivity contribution in [3.8, 4) is 5.75 Å². The molecule has 0 spiro atoms. The van der Waals surface area contributed by atoms with Crippen molar-refractivity contribution in [3.05, 3.63) is 69.5 Å². The SMILES string of the molecule is Cc1cccc(OCc2ccc(C(=O)Nc3sc(C(N)=O)c(C)c3C(=O)OC(C)C)o2)c1. The number of carbonyl (C=O) groups excluding carboxylic acids is 3. The fourth-order valence-corrected chi connectivity index (χ4v) is 4.00. The molecule has 9 heteroatoms. The Morgan fingerprint density at radius 1 is 1.16 bits per heavy atom. The molecule has 1 aromatic carbocycles. The van der Waals surface area contributed by atoms with Gasteiger partial charge in [-0.05, 0) is 63.1 Å². The molecule has 0 atom stereocenters. The van der Waals surface area contributed by atoms with Crippen LogP contribution in [0.3, 0.4) is 0 Å². The number of furan rings is 1. The number of primary amides is 1. The van der Waals surface area contributed by atoms with Crippen LogP contribution in [0.1, 0.15) is 61.3 Å². The zero-order valence-corrected chi connectivity index (χ0v) is 19.0. The van der Waals surface area contributed by atoms with E-state index in [0.29, 0.717) is 17.1 Å². The van der Waals surface area contributed by atoms with Gasteiger partial charge in [0, 0.05) is 0 Å². The van der Waals surface area contributed by atoms with Crippen molar-refractivity contribution >= 4 is 34.1 Å². The zero-order chi connectivity index (χ0) is 23.4. The predicted octanol–water partition coefficient (Wildman–Crippen LogP) is 4.45. The number of anilines is 1. The van der Waals surface area contributed by atoms with E-state index >= 15 is 0 Å². The summed E-state index contributed by atoms with van der Waals surface area (Å²) in [4.78, 5) is 37.2. The van der Waals surface area contributed by atoms with Gasteiger partial charge in [-0.15, -0.1) is 11.3 Å². The number of hydrogen-bond donors (Lipinski definition) is 2. The maximum atomic E-state index is 12.7. The third-order valence-electron chi connectivity index (χ3n) is 4.40. The van der Waals surface area contributed by atoms with Gasteiger partial charge in [-0.25, -0.2) is 4.79 Å². The Morgan fingerprint density at radius 2 is 1.91 bits per heavy atom. The van der Waals surface area contributed by atoms with Crippen molar-refractivity contribution in [3.63, 3.8) is 0 Å². The van der Waals surface area contributed by atoms with Crippen molar-refractivity contribution < 1.29 is 28.3 Å². The lowest BCUT2D eigenvalue weighted by Gasteiger charge is -2.10. The summed E-state index contributed by atoms with van der Waals surface area (Å²) in [6.07, 6.45) is -0.372. The van der Waals surface area contributed by atoms with Crippen LogP contribution in [0.15, 0.2) is 40.8 Å². The second-order valence-electron chi connectivity index (χ2n) is 7.40. The largest absolute Gasteiger partial charge is 0.486 e. The van der Waals surface area contributed by atoms with Crippen LogP contribution in [-0.4, -0.2) is 23.9 Å². The summed E-state index contributed by atoms with van der Waals surface area (Å²) in [5.41, 5.74) is 6.93. The van der Waals surface area contributed by atoms with E-state index in [9.17, 15) is 14.4 Å². The summed E-state index contributed by atoms with van der Waals surface area (Å²) >= 11 is 0.915. The number of aryl methyl sites for hydroxylation is 1. The normalized spacial score (nSPS) is 10.8. The monoisotopic (exact) mass is 456 g/mol. The van der Waals surface area contributed by atoms with Crippen LogP contribution >= 0.6 is 11.3 Å². The van der Waals surface area contributed by atoms with Gasteiger partial charge in [-0.1, -0.05) is 12.1 Å². The van der Waals surface area contributed by atoms with Gasteiger partial charge in [0.05, 0.1) is 16.5 Å². The van der Waals surface area contributed by atoms with Crippen molar-refractivity contribution in [1.82, 2.24) is 0 Å². The van der Waals surface area contributed by atoms with E-state index < -0.39 is 17.8 Å². The fraction of sp³-hybridized carbons (Fsp3) is 0.261. The summed E-state index contributed by atoms with van der Waals surface area (Å²) in [7, 11) is 0. The summed E-state index contributed by atoms with van der Waals surface area (Å²) in [5, 5.41) is 2.80. The fourth-order valence-electron chi connectivity index (χ4n) is 2.96. The number of thiophene rings is 1. The van der Waals surface area contributed by atoms with Crippen LogP contribution in [0.25, 0.3) is 0 Å². The summed E-state index contributed by atoms with van der Waals surface area (Å²) in [6, 6.07) is 10.7. The first-order valence-corrected chi connectivity index (χ1v) is 10.7. The molecule has 0 unspecified atom stereocenters. The molecule has 3 aromatic rings. The molecule has 2 amide bonds. The van der Waals surface area contributed by atoms with Crippen LogP contribution in [0.4, 0.5) is 5.00 Å². The van der Waals surface area contributed by atoms with Gasteiger partial charge >= 0.3 is 5.97 Å². The topological polar surface area (TPSA) is 121 Å².